The molecule has 1 rings (SSSR count). The van der Waals surface area contributed by atoms with Gasteiger partial charge in [-0.1, -0.05) is 17.7 Å². The smallest absolute Gasteiger partial charge is 0.288 e. The molecule has 14 heavy (non-hydrogen) atoms. The highest BCUT2D eigenvalue weighted by atomic mass is 35.5. The molecule has 0 fully saturated rings. The molecule has 0 bridgehead atoms. The average Bonchev–Trinajstić information content (AvgIpc) is 2.11. The second-order valence-electron chi connectivity index (χ2n) is 2.65. The van der Waals surface area contributed by atoms with Gasteiger partial charge in [0.05, 0.1) is 4.92 Å². The Bertz CT molecular complexity index is 390. The minimum atomic E-state index is -0.589. The van der Waals surface area contributed by atoms with Gasteiger partial charge in [0, 0.05) is 11.6 Å². The summed E-state index contributed by atoms with van der Waals surface area (Å²) in [6.07, 6.45) is 1.82. The van der Waals surface area contributed by atoms with Crippen LogP contribution in [0.4, 0.5) is 5.69 Å². The van der Waals surface area contributed by atoms with E-state index in [2.05, 4.69) is 6.58 Å². The van der Waals surface area contributed by atoms with E-state index in [9.17, 15) is 15.2 Å². The van der Waals surface area contributed by atoms with Crippen molar-refractivity contribution < 1.29 is 10.0 Å². The van der Waals surface area contributed by atoms with Crippen molar-refractivity contribution in [3.05, 3.63) is 45.5 Å². The molecule has 1 aromatic rings. The van der Waals surface area contributed by atoms with Gasteiger partial charge in [-0.05, 0) is 12.5 Å². The first kappa shape index (κ1) is 10.5. The number of nitro groups is 1. The summed E-state index contributed by atoms with van der Waals surface area (Å²) in [6.45, 7) is 3.47. The van der Waals surface area contributed by atoms with E-state index in [1.807, 2.05) is 0 Å². The van der Waals surface area contributed by atoms with Gasteiger partial charge in [0.2, 0.25) is 0 Å². The van der Waals surface area contributed by atoms with Crippen molar-refractivity contribution in [2.45, 2.75) is 6.42 Å². The number of phenols is 1. The van der Waals surface area contributed by atoms with Crippen molar-refractivity contribution in [2.24, 2.45) is 0 Å². The molecular formula is C9H8ClNO3. The van der Waals surface area contributed by atoms with Crippen LogP contribution in [0.1, 0.15) is 5.56 Å². The fraction of sp³-hybridized carbons (Fsp3) is 0.111. The fourth-order valence-corrected chi connectivity index (χ4v) is 1.38. The minimum Gasteiger partial charge on any atom is -0.508 e. The molecular weight excluding hydrogens is 206 g/mol. The molecule has 0 amide bonds. The molecule has 5 heteroatoms. The molecule has 0 heterocycles. The Morgan fingerprint density at radius 3 is 2.79 bits per heavy atom. The Morgan fingerprint density at radius 1 is 1.64 bits per heavy atom. The number of hydrogen-bond acceptors (Lipinski definition) is 3. The van der Waals surface area contributed by atoms with Crippen LogP contribution in [0.3, 0.4) is 0 Å². The topological polar surface area (TPSA) is 63.4 Å². The van der Waals surface area contributed by atoms with Crippen LogP contribution in [0.25, 0.3) is 0 Å². The zero-order valence-corrected chi connectivity index (χ0v) is 7.99. The monoisotopic (exact) mass is 213 g/mol. The Morgan fingerprint density at radius 2 is 2.29 bits per heavy atom. The number of rotatable bonds is 3. The van der Waals surface area contributed by atoms with Gasteiger partial charge < -0.3 is 5.11 Å². The van der Waals surface area contributed by atoms with Crippen LogP contribution in [0, 0.1) is 10.1 Å². The lowest BCUT2D eigenvalue weighted by atomic mass is 10.1. The number of phenolic OH excluding ortho intramolecular Hbond substituents is 1. The highest BCUT2D eigenvalue weighted by molar-refractivity contribution is 6.33. The molecule has 0 aliphatic heterocycles. The summed E-state index contributed by atoms with van der Waals surface area (Å²) in [4.78, 5) is 9.91. The molecule has 1 N–H and O–H groups in total. The summed E-state index contributed by atoms with van der Waals surface area (Å²) < 4.78 is 0. The Hall–Kier alpha value is -1.55. The Balaban J connectivity index is 3.32. The number of nitro benzene ring substituents is 1. The summed E-state index contributed by atoms with van der Waals surface area (Å²) in [7, 11) is 0. The summed E-state index contributed by atoms with van der Waals surface area (Å²) in [6, 6.07) is 2.42. The van der Waals surface area contributed by atoms with Crippen molar-refractivity contribution in [1.29, 1.82) is 0 Å². The fourth-order valence-electron chi connectivity index (χ4n) is 1.08. The number of hydrogen-bond donors (Lipinski definition) is 1. The lowest BCUT2D eigenvalue weighted by molar-refractivity contribution is -0.384. The third kappa shape index (κ3) is 1.85. The van der Waals surface area contributed by atoms with E-state index < -0.39 is 4.92 Å². The first-order valence-electron chi connectivity index (χ1n) is 3.83. The molecule has 0 aromatic heterocycles. The predicted molar refractivity (Wildman–Crippen MR) is 53.7 cm³/mol. The summed E-state index contributed by atoms with van der Waals surface area (Å²) in [5, 5.41) is 19.8. The maximum absolute atomic E-state index is 10.5. The normalized spacial score (nSPS) is 9.79. The molecule has 0 aliphatic rings. The first-order chi connectivity index (χ1) is 6.57. The second kappa shape index (κ2) is 4.11. The Kier molecular flexibility index (Phi) is 3.09. The first-order valence-corrected chi connectivity index (χ1v) is 4.21. The van der Waals surface area contributed by atoms with Crippen LogP contribution < -0.4 is 0 Å². The van der Waals surface area contributed by atoms with E-state index in [0.29, 0.717) is 12.0 Å². The number of allylic oxidation sites excluding steroid dienone is 1. The van der Waals surface area contributed by atoms with E-state index in [1.165, 1.54) is 18.2 Å². The molecule has 0 radical (unpaired) electrons. The zero-order valence-electron chi connectivity index (χ0n) is 7.24. The van der Waals surface area contributed by atoms with Gasteiger partial charge in [-0.2, -0.15) is 0 Å². The molecule has 0 saturated carbocycles. The number of aromatic hydroxyl groups is 1. The maximum Gasteiger partial charge on any atom is 0.288 e. The largest absolute Gasteiger partial charge is 0.508 e. The molecule has 0 saturated heterocycles. The van der Waals surface area contributed by atoms with Crippen molar-refractivity contribution in [2.75, 3.05) is 0 Å². The number of benzene rings is 1. The van der Waals surface area contributed by atoms with Gasteiger partial charge in [0.15, 0.2) is 0 Å². The van der Waals surface area contributed by atoms with Crippen LogP contribution >= 0.6 is 11.6 Å². The van der Waals surface area contributed by atoms with E-state index in [1.54, 1.807) is 0 Å². The second-order valence-corrected chi connectivity index (χ2v) is 3.02. The van der Waals surface area contributed by atoms with Gasteiger partial charge in [-0.15, -0.1) is 6.58 Å². The van der Waals surface area contributed by atoms with Gasteiger partial charge in [-0.25, -0.2) is 0 Å². The lowest BCUT2D eigenvalue weighted by Crippen LogP contribution is -1.93. The van der Waals surface area contributed by atoms with Crippen molar-refractivity contribution in [1.82, 2.24) is 0 Å². The maximum atomic E-state index is 10.5. The third-order valence-electron chi connectivity index (χ3n) is 1.74. The van der Waals surface area contributed by atoms with Crippen LogP contribution in [0.2, 0.25) is 5.02 Å². The molecule has 0 spiro atoms. The van der Waals surface area contributed by atoms with Gasteiger partial charge in [0.1, 0.15) is 10.8 Å². The zero-order chi connectivity index (χ0) is 10.7. The van der Waals surface area contributed by atoms with E-state index >= 15 is 0 Å². The highest BCUT2D eigenvalue weighted by Crippen LogP contribution is 2.34. The number of nitrogens with zero attached hydrogens (tertiary/aromatic N) is 1. The third-order valence-corrected chi connectivity index (χ3v) is 2.16. The highest BCUT2D eigenvalue weighted by Gasteiger charge is 2.17. The average molecular weight is 214 g/mol. The summed E-state index contributed by atoms with van der Waals surface area (Å²) in [5.74, 6) is -0.0551. The molecule has 0 atom stereocenters. The SMILES string of the molecule is C=CCc1c(O)ccc([N+](=O)[O-])c1Cl. The van der Waals surface area contributed by atoms with Gasteiger partial charge in [-0.3, -0.25) is 10.1 Å². The molecule has 0 unspecified atom stereocenters. The minimum absolute atomic E-state index is 0.0325. The Labute approximate surface area is 85.6 Å². The molecule has 0 aliphatic carbocycles. The van der Waals surface area contributed by atoms with Crippen molar-refractivity contribution in [3.63, 3.8) is 0 Å². The van der Waals surface area contributed by atoms with E-state index in [-0.39, 0.29) is 16.5 Å². The summed E-state index contributed by atoms with van der Waals surface area (Å²) in [5.41, 5.74) is 0.122. The van der Waals surface area contributed by atoms with Crippen LogP contribution in [0.15, 0.2) is 24.8 Å². The lowest BCUT2D eigenvalue weighted by Gasteiger charge is -2.04. The van der Waals surface area contributed by atoms with E-state index in [0.717, 1.165) is 0 Å². The number of halogens is 1. The molecule has 1 aromatic carbocycles. The van der Waals surface area contributed by atoms with Crippen LogP contribution in [0.5, 0.6) is 5.75 Å². The van der Waals surface area contributed by atoms with E-state index in [4.69, 9.17) is 11.6 Å². The molecule has 4 nitrogen and oxygen atoms in total. The summed E-state index contributed by atoms with van der Waals surface area (Å²) >= 11 is 5.74. The van der Waals surface area contributed by atoms with Crippen molar-refractivity contribution in [3.8, 4) is 5.75 Å². The van der Waals surface area contributed by atoms with Crippen LogP contribution in [-0.2, 0) is 6.42 Å². The van der Waals surface area contributed by atoms with Crippen LogP contribution in [-0.4, -0.2) is 10.0 Å². The predicted octanol–water partition coefficient (Wildman–Crippen LogP) is 2.68. The van der Waals surface area contributed by atoms with Gasteiger partial charge in [0.25, 0.3) is 5.69 Å². The standard InChI is InChI=1S/C9H8ClNO3/c1-2-3-6-8(12)5-4-7(9(6)10)11(13)14/h2,4-5,12H,1,3H2. The van der Waals surface area contributed by atoms with Crippen molar-refractivity contribution >= 4 is 17.3 Å². The van der Waals surface area contributed by atoms with Gasteiger partial charge >= 0.3 is 0 Å². The molecule has 74 valence electrons. The quantitative estimate of drug-likeness (QED) is 0.477.